The van der Waals surface area contributed by atoms with Crippen LogP contribution in [0.5, 0.6) is 0 Å². The average Bonchev–Trinajstić information content (AvgIpc) is 2.35. The number of carbonyl (C=O) groups excluding carboxylic acids is 1. The number of anilines is 2. The van der Waals surface area contributed by atoms with E-state index >= 15 is 0 Å². The van der Waals surface area contributed by atoms with Crippen LogP contribution >= 0.6 is 11.6 Å². The van der Waals surface area contributed by atoms with Gasteiger partial charge in [0.25, 0.3) is 5.91 Å². The van der Waals surface area contributed by atoms with Crippen LogP contribution in [0, 0.1) is 6.92 Å². The van der Waals surface area contributed by atoms with Crippen LogP contribution in [0.3, 0.4) is 0 Å². The van der Waals surface area contributed by atoms with Crippen molar-refractivity contribution in [2.24, 2.45) is 0 Å². The van der Waals surface area contributed by atoms with Crippen molar-refractivity contribution in [1.82, 2.24) is 4.98 Å². The molecule has 0 radical (unpaired) electrons. The molecule has 0 aliphatic carbocycles. The summed E-state index contributed by atoms with van der Waals surface area (Å²) < 4.78 is 0. The third-order valence-electron chi connectivity index (χ3n) is 2.57. The number of benzene rings is 1. The van der Waals surface area contributed by atoms with E-state index in [9.17, 15) is 4.79 Å². The van der Waals surface area contributed by atoms with Gasteiger partial charge in [0.2, 0.25) is 0 Å². The highest BCUT2D eigenvalue weighted by Crippen LogP contribution is 2.23. The van der Waals surface area contributed by atoms with Crippen LogP contribution in [-0.2, 0) is 0 Å². The fourth-order valence-corrected chi connectivity index (χ4v) is 1.71. The molecule has 2 aromatic rings. The van der Waals surface area contributed by atoms with Gasteiger partial charge in [-0.25, -0.2) is 4.98 Å². The number of nitrogens with zero attached hydrogens (tertiary/aromatic N) is 1. The summed E-state index contributed by atoms with van der Waals surface area (Å²) in [6.45, 7) is 1.83. The number of halogens is 1. The Morgan fingerprint density at radius 1 is 1.33 bits per heavy atom. The van der Waals surface area contributed by atoms with Crippen LogP contribution in [0.4, 0.5) is 11.4 Å². The first-order valence-corrected chi connectivity index (χ1v) is 5.74. The normalized spacial score (nSPS) is 10.1. The van der Waals surface area contributed by atoms with Crippen molar-refractivity contribution < 1.29 is 4.79 Å². The summed E-state index contributed by atoms with van der Waals surface area (Å²) in [5.74, 6) is -0.349. The van der Waals surface area contributed by atoms with Crippen molar-refractivity contribution in [3.05, 3.63) is 52.8 Å². The van der Waals surface area contributed by atoms with Gasteiger partial charge >= 0.3 is 0 Å². The van der Waals surface area contributed by atoms with E-state index in [1.54, 1.807) is 30.3 Å². The summed E-state index contributed by atoms with van der Waals surface area (Å²) in [5.41, 5.74) is 7.70. The van der Waals surface area contributed by atoms with Gasteiger partial charge in [-0.2, -0.15) is 0 Å². The summed E-state index contributed by atoms with van der Waals surface area (Å²) in [7, 11) is 0. The molecular formula is C13H12ClN3O. The number of pyridine rings is 1. The number of rotatable bonds is 2. The van der Waals surface area contributed by atoms with E-state index in [4.69, 9.17) is 17.3 Å². The molecule has 1 aromatic heterocycles. The second kappa shape index (κ2) is 5.06. The summed E-state index contributed by atoms with van der Waals surface area (Å²) in [6.07, 6.45) is 1.52. The SMILES string of the molecule is Cc1c(Cl)cccc1NC(=O)c1ncccc1N. The first-order chi connectivity index (χ1) is 8.59. The second-order valence-corrected chi connectivity index (χ2v) is 4.21. The second-order valence-electron chi connectivity index (χ2n) is 3.81. The van der Waals surface area contributed by atoms with Gasteiger partial charge in [0.05, 0.1) is 5.69 Å². The first kappa shape index (κ1) is 12.4. The molecule has 0 aliphatic heterocycles. The highest BCUT2D eigenvalue weighted by atomic mass is 35.5. The number of nitrogens with two attached hydrogens (primary N) is 1. The fraction of sp³-hybridized carbons (Fsp3) is 0.0769. The number of nitrogen functional groups attached to an aromatic ring is 1. The van der Waals surface area contributed by atoms with Gasteiger partial charge in [-0.15, -0.1) is 0 Å². The minimum Gasteiger partial charge on any atom is -0.397 e. The van der Waals surface area contributed by atoms with E-state index in [1.165, 1.54) is 6.20 Å². The lowest BCUT2D eigenvalue weighted by Crippen LogP contribution is -2.16. The predicted molar refractivity (Wildman–Crippen MR) is 72.8 cm³/mol. The molecule has 3 N–H and O–H groups in total. The Hall–Kier alpha value is -2.07. The zero-order valence-corrected chi connectivity index (χ0v) is 10.5. The van der Waals surface area contributed by atoms with Crippen LogP contribution in [0.25, 0.3) is 0 Å². The van der Waals surface area contributed by atoms with Crippen molar-refractivity contribution in [2.75, 3.05) is 11.1 Å². The third-order valence-corrected chi connectivity index (χ3v) is 2.98. The zero-order chi connectivity index (χ0) is 13.1. The smallest absolute Gasteiger partial charge is 0.276 e. The summed E-state index contributed by atoms with van der Waals surface area (Å²) >= 11 is 5.98. The van der Waals surface area contributed by atoms with Crippen molar-refractivity contribution >= 4 is 28.9 Å². The molecule has 0 aliphatic rings. The van der Waals surface area contributed by atoms with Gasteiger partial charge < -0.3 is 11.1 Å². The minimum atomic E-state index is -0.349. The Morgan fingerprint density at radius 2 is 2.11 bits per heavy atom. The molecule has 5 heteroatoms. The Morgan fingerprint density at radius 3 is 2.83 bits per heavy atom. The average molecular weight is 262 g/mol. The maximum absolute atomic E-state index is 12.0. The highest BCUT2D eigenvalue weighted by Gasteiger charge is 2.12. The Kier molecular flexibility index (Phi) is 3.48. The lowest BCUT2D eigenvalue weighted by Gasteiger charge is -2.09. The van der Waals surface area contributed by atoms with Gasteiger partial charge in [0, 0.05) is 16.9 Å². The highest BCUT2D eigenvalue weighted by molar-refractivity contribution is 6.31. The molecule has 0 spiro atoms. The molecule has 0 saturated carbocycles. The van der Waals surface area contributed by atoms with E-state index < -0.39 is 0 Å². The number of amides is 1. The number of hydrogen-bond donors (Lipinski definition) is 2. The molecule has 0 atom stereocenters. The first-order valence-electron chi connectivity index (χ1n) is 5.36. The van der Waals surface area contributed by atoms with Gasteiger partial charge in [0.15, 0.2) is 5.69 Å². The Balaban J connectivity index is 2.27. The van der Waals surface area contributed by atoms with Crippen LogP contribution in [-0.4, -0.2) is 10.9 Å². The fourth-order valence-electron chi connectivity index (χ4n) is 1.53. The number of hydrogen-bond acceptors (Lipinski definition) is 3. The Labute approximate surface area is 110 Å². The van der Waals surface area contributed by atoms with Gasteiger partial charge in [-0.05, 0) is 36.8 Å². The molecule has 1 heterocycles. The van der Waals surface area contributed by atoms with Crippen LogP contribution in [0.15, 0.2) is 36.5 Å². The number of nitrogens with one attached hydrogen (secondary N) is 1. The van der Waals surface area contributed by atoms with Crippen molar-refractivity contribution in [1.29, 1.82) is 0 Å². The molecule has 92 valence electrons. The van der Waals surface area contributed by atoms with E-state index in [0.717, 1.165) is 5.56 Å². The molecule has 1 amide bonds. The topological polar surface area (TPSA) is 68.0 Å². The lowest BCUT2D eigenvalue weighted by molar-refractivity contribution is 0.102. The van der Waals surface area contributed by atoms with Crippen molar-refractivity contribution in [3.63, 3.8) is 0 Å². The summed E-state index contributed by atoms with van der Waals surface area (Å²) in [5, 5.41) is 3.34. The molecule has 1 aromatic carbocycles. The standard InChI is InChI=1S/C13H12ClN3O/c1-8-9(14)4-2-6-11(8)17-13(18)12-10(15)5-3-7-16-12/h2-7H,15H2,1H3,(H,17,18). The monoisotopic (exact) mass is 261 g/mol. The van der Waals surface area contributed by atoms with Crippen molar-refractivity contribution in [3.8, 4) is 0 Å². The summed E-state index contributed by atoms with van der Waals surface area (Å²) in [4.78, 5) is 16.0. The van der Waals surface area contributed by atoms with E-state index in [-0.39, 0.29) is 11.6 Å². The number of aromatic nitrogens is 1. The molecule has 0 saturated heterocycles. The molecule has 0 bridgehead atoms. The molecule has 2 rings (SSSR count). The molecule has 0 fully saturated rings. The number of carbonyl (C=O) groups is 1. The van der Waals surface area contributed by atoms with Crippen molar-refractivity contribution in [2.45, 2.75) is 6.92 Å². The van der Waals surface area contributed by atoms with Gasteiger partial charge in [0.1, 0.15) is 0 Å². The third kappa shape index (κ3) is 2.43. The van der Waals surface area contributed by atoms with Gasteiger partial charge in [-0.1, -0.05) is 17.7 Å². The van der Waals surface area contributed by atoms with E-state index in [1.807, 2.05) is 6.92 Å². The predicted octanol–water partition coefficient (Wildman–Crippen LogP) is 2.88. The van der Waals surface area contributed by atoms with Crippen LogP contribution < -0.4 is 11.1 Å². The zero-order valence-electron chi connectivity index (χ0n) is 9.77. The maximum atomic E-state index is 12.0. The Bertz CT molecular complexity index is 599. The lowest BCUT2D eigenvalue weighted by atomic mass is 10.2. The molecule has 0 unspecified atom stereocenters. The summed E-state index contributed by atoms with van der Waals surface area (Å²) in [6, 6.07) is 8.62. The quantitative estimate of drug-likeness (QED) is 0.873. The van der Waals surface area contributed by atoms with Gasteiger partial charge in [-0.3, -0.25) is 4.79 Å². The largest absolute Gasteiger partial charge is 0.397 e. The molecule has 18 heavy (non-hydrogen) atoms. The van der Waals surface area contributed by atoms with Crippen LogP contribution in [0.1, 0.15) is 16.1 Å². The molecule has 4 nitrogen and oxygen atoms in total. The van der Waals surface area contributed by atoms with E-state index in [0.29, 0.717) is 16.4 Å². The van der Waals surface area contributed by atoms with Crippen LogP contribution in [0.2, 0.25) is 5.02 Å². The van der Waals surface area contributed by atoms with E-state index in [2.05, 4.69) is 10.3 Å². The molecular weight excluding hydrogens is 250 g/mol. The maximum Gasteiger partial charge on any atom is 0.276 e. The minimum absolute atomic E-state index is 0.205.